The zero-order chi connectivity index (χ0) is 24.9. The number of fused-ring (bicyclic) bond motifs is 1. The molecule has 4 rings (SSSR count). The Morgan fingerprint density at radius 1 is 1.23 bits per heavy atom. The lowest BCUT2D eigenvalue weighted by Gasteiger charge is -2.17. The quantitative estimate of drug-likeness (QED) is 0.506. The van der Waals surface area contributed by atoms with Gasteiger partial charge in [-0.15, -0.1) is 0 Å². The minimum atomic E-state index is -0.185. The van der Waals surface area contributed by atoms with Gasteiger partial charge < -0.3 is 15.0 Å². The molecule has 1 aromatic heterocycles. The Morgan fingerprint density at radius 3 is 2.71 bits per heavy atom. The van der Waals surface area contributed by atoms with Crippen LogP contribution in [0.5, 0.6) is 0 Å². The summed E-state index contributed by atoms with van der Waals surface area (Å²) in [6.45, 7) is 6.22. The van der Waals surface area contributed by atoms with Crippen LogP contribution < -0.4 is 5.32 Å². The number of ketones is 1. The van der Waals surface area contributed by atoms with Gasteiger partial charge in [-0.3, -0.25) is 14.3 Å². The molecule has 2 aliphatic rings. The van der Waals surface area contributed by atoms with Crippen molar-refractivity contribution in [3.8, 4) is 0 Å². The number of nitrogens with one attached hydrogen (secondary N) is 1. The van der Waals surface area contributed by atoms with Crippen molar-refractivity contribution in [2.75, 3.05) is 33.8 Å². The third kappa shape index (κ3) is 6.08. The number of aromatic nitrogens is 2. The van der Waals surface area contributed by atoms with Gasteiger partial charge in [0.1, 0.15) is 0 Å². The van der Waals surface area contributed by atoms with Gasteiger partial charge in [-0.05, 0) is 77.0 Å². The lowest BCUT2D eigenvalue weighted by molar-refractivity contribution is -0.115. The first-order valence-electron chi connectivity index (χ1n) is 12.7. The van der Waals surface area contributed by atoms with Gasteiger partial charge in [-0.1, -0.05) is 24.5 Å². The van der Waals surface area contributed by atoms with Crippen LogP contribution in [0.15, 0.2) is 41.1 Å². The maximum Gasteiger partial charge on any atom is 0.252 e. The molecule has 7 nitrogen and oxygen atoms in total. The summed E-state index contributed by atoms with van der Waals surface area (Å²) in [7, 11) is 4.11. The maximum absolute atomic E-state index is 13.4. The topological polar surface area (TPSA) is 76.5 Å². The molecule has 2 aliphatic carbocycles. The molecule has 0 aliphatic heterocycles. The van der Waals surface area contributed by atoms with Crippen molar-refractivity contribution in [2.24, 2.45) is 0 Å². The minimum absolute atomic E-state index is 0.0851. The van der Waals surface area contributed by atoms with Gasteiger partial charge in [0.25, 0.3) is 5.91 Å². The predicted molar refractivity (Wildman–Crippen MR) is 138 cm³/mol. The molecule has 0 unspecified atom stereocenters. The second-order valence-corrected chi connectivity index (χ2v) is 10.2. The van der Waals surface area contributed by atoms with Gasteiger partial charge in [0, 0.05) is 30.5 Å². The number of hydrogen-bond donors (Lipinski definition) is 1. The van der Waals surface area contributed by atoms with E-state index in [-0.39, 0.29) is 18.2 Å². The first-order chi connectivity index (χ1) is 16.8. The van der Waals surface area contributed by atoms with Crippen LogP contribution in [0.25, 0.3) is 10.9 Å². The fourth-order valence-electron chi connectivity index (χ4n) is 5.18. The number of rotatable bonds is 10. The molecule has 7 heteroatoms. The van der Waals surface area contributed by atoms with Gasteiger partial charge in [0.05, 0.1) is 29.9 Å². The number of Topliss-reactive ketones (excluding diaryl/α,β-unsaturated/α-hetero) is 1. The fraction of sp³-hybridized carbons (Fsp3) is 0.536. The van der Waals surface area contributed by atoms with Crippen LogP contribution >= 0.6 is 0 Å². The molecule has 2 aromatic rings. The number of amides is 1. The van der Waals surface area contributed by atoms with Crippen molar-refractivity contribution in [3.63, 3.8) is 0 Å². The van der Waals surface area contributed by atoms with E-state index in [9.17, 15) is 9.59 Å². The molecule has 1 N–H and O–H groups in total. The molecular weight excluding hydrogens is 440 g/mol. The third-order valence-electron chi connectivity index (χ3n) is 6.99. The molecule has 1 amide bonds. The molecule has 1 heterocycles. The number of allylic oxidation sites excluding steroid dienone is 3. The smallest absolute Gasteiger partial charge is 0.252 e. The Hall–Kier alpha value is -2.77. The standard InChI is InChI=1S/C28H38N4O3/c1-19-12-20(2)24(27(33)13-19)16-29-28(34)23-14-21(18-35-11-7-10-31(3)4)15-26-25(23)17-30-32(26)22-8-5-6-9-22/h12,14-15,17,22H,5-11,13,16,18H2,1-4H3,(H,29,34). The number of hydrogen-bond acceptors (Lipinski definition) is 5. The van der Waals surface area contributed by atoms with Crippen LogP contribution in [0.4, 0.5) is 0 Å². The highest BCUT2D eigenvalue weighted by Crippen LogP contribution is 2.33. The van der Waals surface area contributed by atoms with E-state index in [0.29, 0.717) is 36.8 Å². The van der Waals surface area contributed by atoms with E-state index in [4.69, 9.17) is 9.84 Å². The highest BCUT2D eigenvalue weighted by atomic mass is 16.5. The van der Waals surface area contributed by atoms with Crippen molar-refractivity contribution in [1.29, 1.82) is 0 Å². The van der Waals surface area contributed by atoms with E-state index in [0.717, 1.165) is 53.4 Å². The highest BCUT2D eigenvalue weighted by Gasteiger charge is 2.23. The van der Waals surface area contributed by atoms with E-state index < -0.39 is 0 Å². The SMILES string of the molecule is CC1=CC(C)=C(CNC(=O)c2cc(COCCCN(C)C)cc3c2cnn3C2CCCC2)C(=O)C1. The number of carbonyl (C=O) groups is 2. The van der Waals surface area contributed by atoms with Gasteiger partial charge in [0.15, 0.2) is 5.78 Å². The summed E-state index contributed by atoms with van der Waals surface area (Å²) in [4.78, 5) is 28.0. The molecule has 1 fully saturated rings. The summed E-state index contributed by atoms with van der Waals surface area (Å²) in [5, 5.41) is 8.54. The average Bonchev–Trinajstić information content (AvgIpc) is 3.47. The highest BCUT2D eigenvalue weighted by molar-refractivity contribution is 6.07. The average molecular weight is 479 g/mol. The van der Waals surface area contributed by atoms with Gasteiger partial charge in [-0.2, -0.15) is 5.10 Å². The normalized spacial score (nSPS) is 17.1. The Labute approximate surface area is 208 Å². The summed E-state index contributed by atoms with van der Waals surface area (Å²) in [6, 6.07) is 4.41. The van der Waals surface area contributed by atoms with Crippen molar-refractivity contribution in [3.05, 3.63) is 52.3 Å². The summed E-state index contributed by atoms with van der Waals surface area (Å²) in [5.41, 5.74) is 5.21. The molecule has 0 saturated heterocycles. The van der Waals surface area contributed by atoms with Crippen molar-refractivity contribution >= 4 is 22.6 Å². The lowest BCUT2D eigenvalue weighted by atomic mass is 9.92. The maximum atomic E-state index is 13.4. The Kier molecular flexibility index (Phi) is 8.19. The number of nitrogens with zero attached hydrogens (tertiary/aromatic N) is 3. The van der Waals surface area contributed by atoms with Crippen LogP contribution in [0.2, 0.25) is 0 Å². The van der Waals surface area contributed by atoms with Crippen molar-refractivity contribution in [2.45, 2.75) is 65.0 Å². The van der Waals surface area contributed by atoms with Gasteiger partial charge >= 0.3 is 0 Å². The third-order valence-corrected chi connectivity index (χ3v) is 6.99. The van der Waals surface area contributed by atoms with Crippen molar-refractivity contribution < 1.29 is 14.3 Å². The zero-order valence-electron chi connectivity index (χ0n) is 21.5. The summed E-state index contributed by atoms with van der Waals surface area (Å²) < 4.78 is 8.04. The van der Waals surface area contributed by atoms with Crippen LogP contribution in [-0.4, -0.2) is 60.2 Å². The molecule has 188 valence electrons. The Morgan fingerprint density at radius 2 is 2.00 bits per heavy atom. The molecule has 35 heavy (non-hydrogen) atoms. The van der Waals surface area contributed by atoms with Gasteiger partial charge in [-0.25, -0.2) is 0 Å². The first kappa shape index (κ1) is 25.3. The van der Waals surface area contributed by atoms with Crippen LogP contribution in [0.3, 0.4) is 0 Å². The lowest BCUT2D eigenvalue weighted by Crippen LogP contribution is -2.29. The molecule has 0 spiro atoms. The Balaban J connectivity index is 1.56. The largest absolute Gasteiger partial charge is 0.377 e. The monoisotopic (exact) mass is 478 g/mol. The molecule has 0 bridgehead atoms. The van der Waals surface area contributed by atoms with E-state index in [2.05, 4.69) is 35.1 Å². The van der Waals surface area contributed by atoms with E-state index in [1.54, 1.807) is 0 Å². The van der Waals surface area contributed by atoms with Crippen molar-refractivity contribution in [1.82, 2.24) is 20.0 Å². The first-order valence-corrected chi connectivity index (χ1v) is 12.7. The molecule has 1 saturated carbocycles. The second kappa shape index (κ2) is 11.3. The summed E-state index contributed by atoms with van der Waals surface area (Å²) >= 11 is 0. The molecular formula is C28H38N4O3. The zero-order valence-corrected chi connectivity index (χ0v) is 21.5. The number of benzene rings is 1. The van der Waals surface area contributed by atoms with Gasteiger partial charge in [0.2, 0.25) is 0 Å². The van der Waals surface area contributed by atoms with Crippen LogP contribution in [-0.2, 0) is 16.1 Å². The fourth-order valence-corrected chi connectivity index (χ4v) is 5.18. The van der Waals surface area contributed by atoms with E-state index >= 15 is 0 Å². The number of carbonyl (C=O) groups excluding carboxylic acids is 2. The second-order valence-electron chi connectivity index (χ2n) is 10.2. The summed E-state index contributed by atoms with van der Waals surface area (Å²) in [5.74, 6) is -0.100. The summed E-state index contributed by atoms with van der Waals surface area (Å²) in [6.07, 6.45) is 9.88. The minimum Gasteiger partial charge on any atom is -0.377 e. The number of ether oxygens (including phenoxy) is 1. The predicted octanol–water partition coefficient (Wildman–Crippen LogP) is 4.59. The molecule has 0 atom stereocenters. The van der Waals surface area contributed by atoms with E-state index in [1.807, 2.05) is 32.2 Å². The van der Waals surface area contributed by atoms with Crippen LogP contribution in [0.1, 0.15) is 74.3 Å². The Bertz CT molecular complexity index is 1150. The van der Waals surface area contributed by atoms with Crippen LogP contribution in [0, 0.1) is 0 Å². The van der Waals surface area contributed by atoms with E-state index in [1.165, 1.54) is 12.8 Å². The molecule has 0 radical (unpaired) electrons. The molecule has 1 aromatic carbocycles.